The van der Waals surface area contributed by atoms with Crippen molar-refractivity contribution in [3.63, 3.8) is 0 Å². The van der Waals surface area contributed by atoms with Crippen LogP contribution in [-0.4, -0.2) is 9.13 Å². The number of furan rings is 1. The fourth-order valence-corrected chi connectivity index (χ4v) is 8.28. The fourth-order valence-electron chi connectivity index (χ4n) is 8.28. The molecule has 0 bridgehead atoms. The van der Waals surface area contributed by atoms with Gasteiger partial charge in [0.2, 0.25) is 0 Å². The van der Waals surface area contributed by atoms with Crippen molar-refractivity contribution in [2.24, 2.45) is 0 Å². The van der Waals surface area contributed by atoms with Gasteiger partial charge in [-0.2, -0.15) is 0 Å². The third kappa shape index (κ3) is 4.21. The van der Waals surface area contributed by atoms with Crippen LogP contribution in [0.25, 0.3) is 76.9 Å². The predicted molar refractivity (Wildman–Crippen MR) is 217 cm³/mol. The highest BCUT2D eigenvalue weighted by atomic mass is 16.3. The standard InChI is InChI=1S/C48H31N3O/c1-3-14-32(15-4-1)50-42-22-11-8-20-39(42)48-43(23-13-24-44(48)50)49(34-27-29-47-40(30-34)38-19-9-12-25-46(38)52-47)35-26-28-37-36-18-7-10-21-41(36)51(45(37)31-35)33-16-5-2-6-17-33/h1-31H. The first-order chi connectivity index (χ1) is 25.8. The Kier molecular flexibility index (Phi) is 6.22. The lowest BCUT2D eigenvalue weighted by Gasteiger charge is -2.27. The minimum atomic E-state index is 0.878. The van der Waals surface area contributed by atoms with Crippen LogP contribution in [0.2, 0.25) is 0 Å². The molecule has 3 heterocycles. The normalized spacial score (nSPS) is 11.8. The molecule has 0 fully saturated rings. The third-order valence-corrected chi connectivity index (χ3v) is 10.5. The van der Waals surface area contributed by atoms with Gasteiger partial charge in [0, 0.05) is 55.1 Å². The van der Waals surface area contributed by atoms with E-state index in [1.807, 2.05) is 12.1 Å². The van der Waals surface area contributed by atoms with Gasteiger partial charge in [-0.3, -0.25) is 0 Å². The largest absolute Gasteiger partial charge is 0.456 e. The minimum absolute atomic E-state index is 0.878. The minimum Gasteiger partial charge on any atom is -0.456 e. The zero-order valence-corrected chi connectivity index (χ0v) is 28.1. The Morgan fingerprint density at radius 1 is 0.346 bits per heavy atom. The maximum absolute atomic E-state index is 6.31. The van der Waals surface area contributed by atoms with Gasteiger partial charge in [0.25, 0.3) is 0 Å². The third-order valence-electron chi connectivity index (χ3n) is 10.5. The van der Waals surface area contributed by atoms with Gasteiger partial charge in [0.1, 0.15) is 11.2 Å². The molecule has 52 heavy (non-hydrogen) atoms. The molecule has 0 radical (unpaired) electrons. The molecule has 11 rings (SSSR count). The first-order valence-electron chi connectivity index (χ1n) is 17.7. The van der Waals surface area contributed by atoms with Crippen LogP contribution in [0.1, 0.15) is 0 Å². The first kappa shape index (κ1) is 28.8. The Labute approximate surface area is 299 Å². The lowest BCUT2D eigenvalue weighted by atomic mass is 10.1. The highest BCUT2D eigenvalue weighted by Gasteiger charge is 2.23. The van der Waals surface area contributed by atoms with Crippen LogP contribution in [-0.2, 0) is 0 Å². The molecule has 0 N–H and O–H groups in total. The average molecular weight is 666 g/mol. The van der Waals surface area contributed by atoms with E-state index >= 15 is 0 Å². The van der Waals surface area contributed by atoms with Gasteiger partial charge in [0.15, 0.2) is 0 Å². The second-order valence-corrected chi connectivity index (χ2v) is 13.4. The molecule has 8 aromatic carbocycles. The highest BCUT2D eigenvalue weighted by molar-refractivity contribution is 6.18. The quantitative estimate of drug-likeness (QED) is 0.183. The number of hydrogen-bond donors (Lipinski definition) is 0. The monoisotopic (exact) mass is 665 g/mol. The van der Waals surface area contributed by atoms with Crippen LogP contribution in [0.15, 0.2) is 192 Å². The molecule has 0 spiro atoms. The first-order valence-corrected chi connectivity index (χ1v) is 17.7. The van der Waals surface area contributed by atoms with Gasteiger partial charge in [-0.15, -0.1) is 0 Å². The molecule has 0 amide bonds. The second-order valence-electron chi connectivity index (χ2n) is 13.4. The molecule has 0 saturated heterocycles. The van der Waals surface area contributed by atoms with Crippen LogP contribution in [0.5, 0.6) is 0 Å². The SMILES string of the molecule is c1ccc(-n2c3ccccc3c3ccc(N(c4ccc5oc6ccccc6c5c4)c4cccc5c4c4ccccc4n5-c4ccccc4)cc32)cc1. The van der Waals surface area contributed by atoms with Crippen molar-refractivity contribution in [2.75, 3.05) is 4.90 Å². The summed E-state index contributed by atoms with van der Waals surface area (Å²) in [5.74, 6) is 0. The molecule has 0 aliphatic heterocycles. The van der Waals surface area contributed by atoms with Crippen LogP contribution in [0.3, 0.4) is 0 Å². The molecule has 0 aliphatic rings. The molecule has 4 heteroatoms. The van der Waals surface area contributed by atoms with E-state index in [0.29, 0.717) is 0 Å². The molecule has 3 aromatic heterocycles. The van der Waals surface area contributed by atoms with Crippen molar-refractivity contribution in [1.29, 1.82) is 0 Å². The van der Waals surface area contributed by atoms with Crippen molar-refractivity contribution in [3.05, 3.63) is 188 Å². The van der Waals surface area contributed by atoms with Crippen molar-refractivity contribution >= 4 is 82.6 Å². The molecule has 11 aromatic rings. The smallest absolute Gasteiger partial charge is 0.135 e. The highest BCUT2D eigenvalue weighted by Crippen LogP contribution is 2.46. The molecular weight excluding hydrogens is 635 g/mol. The second kappa shape index (κ2) is 11.2. The number of nitrogens with zero attached hydrogens (tertiary/aromatic N) is 3. The van der Waals surface area contributed by atoms with E-state index in [0.717, 1.165) is 61.4 Å². The summed E-state index contributed by atoms with van der Waals surface area (Å²) in [6, 6.07) is 67.3. The Balaban J connectivity index is 1.25. The van der Waals surface area contributed by atoms with Gasteiger partial charge in [-0.1, -0.05) is 103 Å². The van der Waals surface area contributed by atoms with Crippen molar-refractivity contribution in [2.45, 2.75) is 0 Å². The van der Waals surface area contributed by atoms with Crippen LogP contribution >= 0.6 is 0 Å². The van der Waals surface area contributed by atoms with Crippen molar-refractivity contribution < 1.29 is 4.42 Å². The van der Waals surface area contributed by atoms with E-state index in [-0.39, 0.29) is 0 Å². The topological polar surface area (TPSA) is 26.2 Å². The van der Waals surface area contributed by atoms with Gasteiger partial charge >= 0.3 is 0 Å². The summed E-state index contributed by atoms with van der Waals surface area (Å²) < 4.78 is 11.1. The van der Waals surface area contributed by atoms with Crippen LogP contribution in [0.4, 0.5) is 17.1 Å². The molecule has 244 valence electrons. The summed E-state index contributed by atoms with van der Waals surface area (Å²) in [4.78, 5) is 2.43. The van der Waals surface area contributed by atoms with E-state index in [4.69, 9.17) is 4.42 Å². The van der Waals surface area contributed by atoms with Crippen molar-refractivity contribution in [1.82, 2.24) is 9.13 Å². The van der Waals surface area contributed by atoms with Crippen LogP contribution in [0, 0.1) is 0 Å². The molecule has 0 unspecified atom stereocenters. The van der Waals surface area contributed by atoms with E-state index in [1.54, 1.807) is 0 Å². The van der Waals surface area contributed by atoms with E-state index in [1.165, 1.54) is 32.6 Å². The Bertz CT molecular complexity index is 3130. The lowest BCUT2D eigenvalue weighted by molar-refractivity contribution is 0.669. The van der Waals surface area contributed by atoms with Gasteiger partial charge in [-0.25, -0.2) is 0 Å². The summed E-state index contributed by atoms with van der Waals surface area (Å²) in [5.41, 5.74) is 12.0. The van der Waals surface area contributed by atoms with Gasteiger partial charge in [-0.05, 0) is 84.9 Å². The number of fused-ring (bicyclic) bond motifs is 9. The molecule has 0 aliphatic carbocycles. The van der Waals surface area contributed by atoms with Gasteiger partial charge in [0.05, 0.1) is 27.8 Å². The molecule has 0 saturated carbocycles. The fraction of sp³-hybridized carbons (Fsp3) is 0. The number of anilines is 3. The van der Waals surface area contributed by atoms with Crippen molar-refractivity contribution in [3.8, 4) is 11.4 Å². The Hall–Kier alpha value is -7.04. The molecular formula is C48H31N3O. The summed E-state index contributed by atoms with van der Waals surface area (Å²) in [6.07, 6.45) is 0. The molecule has 4 nitrogen and oxygen atoms in total. The predicted octanol–water partition coefficient (Wildman–Crippen LogP) is 13.2. The van der Waals surface area contributed by atoms with E-state index < -0.39 is 0 Å². The summed E-state index contributed by atoms with van der Waals surface area (Å²) in [7, 11) is 0. The maximum atomic E-state index is 6.31. The number of hydrogen-bond acceptors (Lipinski definition) is 2. The number of rotatable bonds is 5. The van der Waals surface area contributed by atoms with Gasteiger partial charge < -0.3 is 18.5 Å². The molecule has 0 atom stereocenters. The Morgan fingerprint density at radius 3 is 1.65 bits per heavy atom. The number of benzene rings is 8. The van der Waals surface area contributed by atoms with E-state index in [9.17, 15) is 0 Å². The number of para-hydroxylation sites is 5. The lowest BCUT2D eigenvalue weighted by Crippen LogP contribution is -2.10. The zero-order chi connectivity index (χ0) is 34.2. The zero-order valence-electron chi connectivity index (χ0n) is 28.1. The van der Waals surface area contributed by atoms with Crippen LogP contribution < -0.4 is 4.90 Å². The summed E-state index contributed by atoms with van der Waals surface area (Å²) >= 11 is 0. The summed E-state index contributed by atoms with van der Waals surface area (Å²) in [6.45, 7) is 0. The maximum Gasteiger partial charge on any atom is 0.135 e. The number of aromatic nitrogens is 2. The van der Waals surface area contributed by atoms with E-state index in [2.05, 4.69) is 190 Å². The summed E-state index contributed by atoms with van der Waals surface area (Å²) in [5, 5.41) is 7.06. The Morgan fingerprint density at radius 2 is 0.885 bits per heavy atom. The average Bonchev–Trinajstić information content (AvgIpc) is 3.86.